The molecule has 2 heterocycles. The van der Waals surface area contributed by atoms with Crippen LogP contribution in [-0.2, 0) is 6.54 Å². The van der Waals surface area contributed by atoms with Crippen LogP contribution in [0.3, 0.4) is 0 Å². The van der Waals surface area contributed by atoms with Crippen molar-refractivity contribution in [2.24, 2.45) is 0 Å². The third-order valence-electron chi connectivity index (χ3n) is 2.87. The van der Waals surface area contributed by atoms with E-state index in [4.69, 9.17) is 11.6 Å². The van der Waals surface area contributed by atoms with Crippen molar-refractivity contribution in [1.29, 1.82) is 0 Å². The van der Waals surface area contributed by atoms with Crippen LogP contribution in [0.1, 0.15) is 5.56 Å². The Bertz CT molecular complexity index is 935. The summed E-state index contributed by atoms with van der Waals surface area (Å²) in [4.78, 5) is 20.8. The van der Waals surface area contributed by atoms with E-state index in [1.165, 1.54) is 34.0 Å². The van der Waals surface area contributed by atoms with E-state index >= 15 is 0 Å². The SMILES string of the molecule is CSc1nc2ncn(CC#Cc3ccc(Cl)cc3)c(=O)c2s1. The lowest BCUT2D eigenvalue weighted by molar-refractivity contribution is 0.782. The van der Waals surface area contributed by atoms with Gasteiger partial charge < -0.3 is 0 Å². The predicted molar refractivity (Wildman–Crippen MR) is 91.8 cm³/mol. The second-order valence-corrected chi connectivity index (χ2v) is 6.81. The lowest BCUT2D eigenvalue weighted by Crippen LogP contribution is -2.19. The minimum absolute atomic E-state index is 0.104. The summed E-state index contributed by atoms with van der Waals surface area (Å²) in [5.41, 5.74) is 1.25. The van der Waals surface area contributed by atoms with Crippen LogP contribution in [0.25, 0.3) is 10.3 Å². The van der Waals surface area contributed by atoms with Crippen molar-refractivity contribution in [3.63, 3.8) is 0 Å². The van der Waals surface area contributed by atoms with E-state index in [0.717, 1.165) is 9.90 Å². The molecular weight excluding hydrogens is 338 g/mol. The van der Waals surface area contributed by atoms with Crippen molar-refractivity contribution in [2.75, 3.05) is 6.26 Å². The van der Waals surface area contributed by atoms with E-state index in [-0.39, 0.29) is 12.1 Å². The fourth-order valence-electron chi connectivity index (χ4n) is 1.79. The number of thiazole rings is 1. The molecule has 0 radical (unpaired) electrons. The minimum atomic E-state index is -0.104. The third kappa shape index (κ3) is 3.17. The number of rotatable bonds is 2. The van der Waals surface area contributed by atoms with E-state index in [9.17, 15) is 4.79 Å². The van der Waals surface area contributed by atoms with Crippen molar-refractivity contribution >= 4 is 45.0 Å². The van der Waals surface area contributed by atoms with Crippen LogP contribution in [0.2, 0.25) is 5.02 Å². The molecule has 0 unspecified atom stereocenters. The molecule has 0 atom stereocenters. The quantitative estimate of drug-likeness (QED) is 0.527. The summed E-state index contributed by atoms with van der Waals surface area (Å²) in [5.74, 6) is 5.97. The molecule has 7 heteroatoms. The van der Waals surface area contributed by atoms with Crippen LogP contribution < -0.4 is 5.56 Å². The van der Waals surface area contributed by atoms with Crippen LogP contribution in [0.5, 0.6) is 0 Å². The Hall–Kier alpha value is -1.81. The van der Waals surface area contributed by atoms with Gasteiger partial charge in [-0.25, -0.2) is 9.97 Å². The van der Waals surface area contributed by atoms with Gasteiger partial charge in [-0.2, -0.15) is 0 Å². The zero-order valence-electron chi connectivity index (χ0n) is 11.5. The van der Waals surface area contributed by atoms with Gasteiger partial charge in [0.05, 0.1) is 6.54 Å². The highest BCUT2D eigenvalue weighted by atomic mass is 35.5. The molecule has 0 aliphatic rings. The highest BCUT2D eigenvalue weighted by Gasteiger charge is 2.09. The predicted octanol–water partition coefficient (Wildman–Crippen LogP) is 3.28. The van der Waals surface area contributed by atoms with Crippen LogP contribution >= 0.6 is 34.7 Å². The van der Waals surface area contributed by atoms with E-state index in [0.29, 0.717) is 15.4 Å². The molecule has 0 saturated heterocycles. The Kier molecular flexibility index (Phi) is 4.48. The van der Waals surface area contributed by atoms with Gasteiger partial charge in [-0.3, -0.25) is 9.36 Å². The Morgan fingerprint density at radius 2 is 2.14 bits per heavy atom. The standard InChI is InChI=1S/C15H10ClN3OS2/c1-21-15-18-13-12(22-15)14(20)19(9-17-13)8-2-3-10-4-6-11(16)7-5-10/h4-7,9H,8H2,1H3. The van der Waals surface area contributed by atoms with Crippen molar-refractivity contribution in [1.82, 2.24) is 14.5 Å². The molecule has 4 nitrogen and oxygen atoms in total. The number of fused-ring (bicyclic) bond motifs is 1. The summed E-state index contributed by atoms with van der Waals surface area (Å²) >= 11 is 8.69. The lowest BCUT2D eigenvalue weighted by Gasteiger charge is -1.98. The molecule has 1 aromatic carbocycles. The van der Waals surface area contributed by atoms with Crippen molar-refractivity contribution in [3.8, 4) is 11.8 Å². The van der Waals surface area contributed by atoms with Crippen LogP contribution in [-0.4, -0.2) is 20.8 Å². The molecule has 3 aromatic rings. The third-order valence-corrected chi connectivity index (χ3v) is 5.13. The molecule has 3 rings (SSSR count). The summed E-state index contributed by atoms with van der Waals surface area (Å²) in [6.45, 7) is 0.289. The Morgan fingerprint density at radius 3 is 2.86 bits per heavy atom. The first-order chi connectivity index (χ1) is 10.7. The topological polar surface area (TPSA) is 47.8 Å². The maximum Gasteiger partial charge on any atom is 0.273 e. The van der Waals surface area contributed by atoms with Crippen molar-refractivity contribution < 1.29 is 0 Å². The molecule has 0 bridgehead atoms. The molecule has 0 aliphatic heterocycles. The average molecular weight is 348 g/mol. The Balaban J connectivity index is 1.87. The Morgan fingerprint density at radius 1 is 1.36 bits per heavy atom. The van der Waals surface area contributed by atoms with Gasteiger partial charge in [0.2, 0.25) is 0 Å². The van der Waals surface area contributed by atoms with Gasteiger partial charge in [0.15, 0.2) is 9.99 Å². The summed E-state index contributed by atoms with van der Waals surface area (Å²) in [7, 11) is 0. The molecule has 0 spiro atoms. The zero-order chi connectivity index (χ0) is 15.5. The number of hydrogen-bond donors (Lipinski definition) is 0. The lowest BCUT2D eigenvalue weighted by atomic mass is 10.2. The molecule has 0 amide bonds. The average Bonchev–Trinajstić information content (AvgIpc) is 2.96. The van der Waals surface area contributed by atoms with Gasteiger partial charge in [0, 0.05) is 10.6 Å². The zero-order valence-corrected chi connectivity index (χ0v) is 13.9. The van der Waals surface area contributed by atoms with E-state index in [1.807, 2.05) is 18.4 Å². The monoisotopic (exact) mass is 347 g/mol. The maximum atomic E-state index is 12.3. The molecule has 0 saturated carbocycles. The van der Waals surface area contributed by atoms with Gasteiger partial charge in [0.25, 0.3) is 5.56 Å². The molecule has 0 aliphatic carbocycles. The fourth-order valence-corrected chi connectivity index (χ4v) is 3.37. The van der Waals surface area contributed by atoms with Crippen molar-refractivity contribution in [3.05, 3.63) is 51.5 Å². The van der Waals surface area contributed by atoms with Crippen LogP contribution in [0.4, 0.5) is 0 Å². The highest BCUT2D eigenvalue weighted by molar-refractivity contribution is 8.00. The first kappa shape index (κ1) is 15.1. The van der Waals surface area contributed by atoms with Gasteiger partial charge >= 0.3 is 0 Å². The molecule has 110 valence electrons. The second-order valence-electron chi connectivity index (χ2n) is 4.32. The minimum Gasteiger partial charge on any atom is -0.286 e. The summed E-state index contributed by atoms with van der Waals surface area (Å²) < 4.78 is 2.90. The van der Waals surface area contributed by atoms with Crippen LogP contribution in [0.15, 0.2) is 39.7 Å². The first-order valence-corrected chi connectivity index (χ1v) is 8.73. The summed E-state index contributed by atoms with van der Waals surface area (Å²) in [5, 5.41) is 0.672. The maximum absolute atomic E-state index is 12.3. The van der Waals surface area contributed by atoms with Crippen LogP contribution in [0, 0.1) is 11.8 Å². The Labute approximate surface area is 140 Å². The number of benzene rings is 1. The van der Waals surface area contributed by atoms with Gasteiger partial charge in [-0.05, 0) is 30.5 Å². The molecule has 22 heavy (non-hydrogen) atoms. The second kappa shape index (κ2) is 6.53. The highest BCUT2D eigenvalue weighted by Crippen LogP contribution is 2.24. The number of thioether (sulfide) groups is 1. The van der Waals surface area contributed by atoms with Crippen molar-refractivity contribution in [2.45, 2.75) is 10.9 Å². The number of hydrogen-bond acceptors (Lipinski definition) is 5. The summed E-state index contributed by atoms with van der Waals surface area (Å²) in [6.07, 6.45) is 3.42. The van der Waals surface area contributed by atoms with Gasteiger partial charge in [0.1, 0.15) is 11.0 Å². The van der Waals surface area contributed by atoms with E-state index in [1.54, 1.807) is 12.1 Å². The van der Waals surface area contributed by atoms with Gasteiger partial charge in [-0.15, -0.1) is 11.3 Å². The smallest absolute Gasteiger partial charge is 0.273 e. The first-order valence-electron chi connectivity index (χ1n) is 6.32. The number of aromatic nitrogens is 3. The summed E-state index contributed by atoms with van der Waals surface area (Å²) in [6, 6.07) is 7.25. The number of nitrogens with zero attached hydrogens (tertiary/aromatic N) is 3. The fraction of sp³-hybridized carbons (Fsp3) is 0.133. The molecule has 0 fully saturated rings. The largest absolute Gasteiger partial charge is 0.286 e. The van der Waals surface area contributed by atoms with E-state index < -0.39 is 0 Å². The molecule has 0 N–H and O–H groups in total. The molecular formula is C15H10ClN3OS2. The van der Waals surface area contributed by atoms with E-state index in [2.05, 4.69) is 21.8 Å². The normalized spacial score (nSPS) is 10.5. The van der Waals surface area contributed by atoms with Gasteiger partial charge in [-0.1, -0.05) is 35.2 Å². The number of halogens is 1. The molecule has 2 aromatic heterocycles.